The van der Waals surface area contributed by atoms with E-state index in [1.165, 1.54) is 155 Å². The number of hydrogen-bond donors (Lipinski definition) is 0. The number of anilines is 6. The summed E-state index contributed by atoms with van der Waals surface area (Å²) >= 11 is 0. The molecule has 0 heterocycles. The van der Waals surface area contributed by atoms with Gasteiger partial charge in [-0.2, -0.15) is 0 Å². The van der Waals surface area contributed by atoms with E-state index in [9.17, 15) is 0 Å². The number of hydrogen-bond acceptors (Lipinski definition) is 2. The lowest BCUT2D eigenvalue weighted by Crippen LogP contribution is -2.15. The van der Waals surface area contributed by atoms with Crippen molar-refractivity contribution in [3.63, 3.8) is 0 Å². The van der Waals surface area contributed by atoms with Gasteiger partial charge < -0.3 is 9.80 Å². The van der Waals surface area contributed by atoms with Crippen molar-refractivity contribution in [2.45, 2.75) is 129 Å². The maximum atomic E-state index is 2.62. The molecule has 0 N–H and O–H groups in total. The first-order chi connectivity index (χ1) is 30.8. The van der Waals surface area contributed by atoms with Gasteiger partial charge in [-0.3, -0.25) is 0 Å². The summed E-state index contributed by atoms with van der Waals surface area (Å²) in [4.78, 5) is 5.21. The highest BCUT2D eigenvalue weighted by molar-refractivity contribution is 6.24. The van der Waals surface area contributed by atoms with Crippen LogP contribution < -0.4 is 9.80 Å². The van der Waals surface area contributed by atoms with Gasteiger partial charge in [0.25, 0.3) is 0 Å². The van der Waals surface area contributed by atoms with Crippen LogP contribution in [-0.4, -0.2) is 0 Å². The molecule has 8 aromatic carbocycles. The van der Waals surface area contributed by atoms with Crippen molar-refractivity contribution in [2.24, 2.45) is 0 Å². The molecular formula is C62H62N2. The van der Waals surface area contributed by atoms with Crippen molar-refractivity contribution in [1.29, 1.82) is 0 Å². The minimum Gasteiger partial charge on any atom is -0.310 e. The van der Waals surface area contributed by atoms with Crippen molar-refractivity contribution in [3.05, 3.63) is 177 Å². The molecule has 0 saturated carbocycles. The third kappa shape index (κ3) is 6.34. The summed E-state index contributed by atoms with van der Waals surface area (Å²) in [5.74, 6) is 0. The van der Waals surface area contributed by atoms with E-state index in [1.807, 2.05) is 0 Å². The quantitative estimate of drug-likeness (QED) is 0.154. The third-order valence-corrected chi connectivity index (χ3v) is 16.2. The van der Waals surface area contributed by atoms with Gasteiger partial charge in [0.05, 0.1) is 11.4 Å². The molecule has 0 atom stereocenters. The molecule has 2 nitrogen and oxygen atoms in total. The molecular weight excluding hydrogens is 773 g/mol. The molecule has 0 aromatic heterocycles. The smallest absolute Gasteiger partial charge is 0.0546 e. The molecule has 2 heteroatoms. The number of aryl methyl sites for hydroxylation is 6. The van der Waals surface area contributed by atoms with Crippen LogP contribution in [0.15, 0.2) is 127 Å². The Labute approximate surface area is 380 Å². The number of fused-ring (bicyclic) bond motifs is 9. The molecule has 0 aliphatic heterocycles. The van der Waals surface area contributed by atoms with Gasteiger partial charge in [0.2, 0.25) is 0 Å². The minimum atomic E-state index is -0.0149. The van der Waals surface area contributed by atoms with Crippen LogP contribution in [0.5, 0.6) is 0 Å². The van der Waals surface area contributed by atoms with Crippen LogP contribution in [0.3, 0.4) is 0 Å². The van der Waals surface area contributed by atoms with Crippen LogP contribution in [0.2, 0.25) is 0 Å². The standard InChI is InChI=1S/C62H62N2/c1-60(2,3)45-20-25-51-54-37-58(63(46-21-18-39-12-10-14-41(39)32-46)48-23-26-56-43(34-48)28-30-61(56,4)5)52-17-9-8-16-50(52)53(54)38-59(55(51)36-45)64(47-22-19-40-13-11-15-42(40)33-47)49-24-27-57-44(35-49)29-31-62(57,6)7/h8-9,16-27,32-38H,10-15,28-31H2,1-7H3. The monoisotopic (exact) mass is 834 g/mol. The Hall–Kier alpha value is -5.86. The normalized spacial score (nSPS) is 16.9. The van der Waals surface area contributed by atoms with Crippen molar-refractivity contribution in [3.8, 4) is 0 Å². The number of nitrogens with zero attached hydrogens (tertiary/aromatic N) is 2. The summed E-state index contributed by atoms with van der Waals surface area (Å²) in [5, 5.41) is 7.75. The summed E-state index contributed by atoms with van der Waals surface area (Å²) in [6, 6.07) is 51.1. The van der Waals surface area contributed by atoms with Gasteiger partial charge in [-0.25, -0.2) is 0 Å². The van der Waals surface area contributed by atoms with E-state index in [1.54, 1.807) is 0 Å². The summed E-state index contributed by atoms with van der Waals surface area (Å²) in [6.07, 6.45) is 11.8. The minimum absolute atomic E-state index is 0.0149. The van der Waals surface area contributed by atoms with Gasteiger partial charge >= 0.3 is 0 Å². The third-order valence-electron chi connectivity index (χ3n) is 16.2. The van der Waals surface area contributed by atoms with E-state index in [0.29, 0.717) is 0 Å². The van der Waals surface area contributed by atoms with E-state index in [0.717, 1.165) is 25.7 Å². The molecule has 0 radical (unpaired) electrons. The van der Waals surface area contributed by atoms with Crippen molar-refractivity contribution in [2.75, 3.05) is 9.80 Å². The Morgan fingerprint density at radius 3 is 1.33 bits per heavy atom. The lowest BCUT2D eigenvalue weighted by molar-refractivity contribution is 0.522. The summed E-state index contributed by atoms with van der Waals surface area (Å²) in [6.45, 7) is 16.7. The molecule has 0 amide bonds. The highest BCUT2D eigenvalue weighted by Crippen LogP contribution is 2.51. The fraction of sp³-hybridized carbons (Fsp3) is 0.323. The first-order valence-corrected chi connectivity index (χ1v) is 24.3. The van der Waals surface area contributed by atoms with Crippen LogP contribution in [0, 0.1) is 0 Å². The Kier molecular flexibility index (Phi) is 8.89. The van der Waals surface area contributed by atoms with Crippen molar-refractivity contribution < 1.29 is 0 Å². The van der Waals surface area contributed by atoms with Crippen LogP contribution in [0.25, 0.3) is 32.3 Å². The van der Waals surface area contributed by atoms with Crippen LogP contribution in [0.1, 0.15) is 124 Å². The van der Waals surface area contributed by atoms with E-state index >= 15 is 0 Å². The summed E-state index contributed by atoms with van der Waals surface area (Å²) in [7, 11) is 0. The van der Waals surface area contributed by atoms with Crippen LogP contribution >= 0.6 is 0 Å². The second kappa shape index (κ2) is 14.3. The second-order valence-corrected chi connectivity index (χ2v) is 22.2. The fourth-order valence-electron chi connectivity index (χ4n) is 12.4. The Morgan fingerprint density at radius 2 is 0.812 bits per heavy atom. The molecule has 0 unspecified atom stereocenters. The molecule has 64 heavy (non-hydrogen) atoms. The first kappa shape index (κ1) is 39.7. The van der Waals surface area contributed by atoms with Crippen LogP contribution in [-0.2, 0) is 54.8 Å². The molecule has 4 aliphatic carbocycles. The Balaban J connectivity index is 1.15. The molecule has 8 aromatic rings. The largest absolute Gasteiger partial charge is 0.310 e. The zero-order valence-corrected chi connectivity index (χ0v) is 39.1. The Morgan fingerprint density at radius 1 is 0.375 bits per heavy atom. The van der Waals surface area contributed by atoms with Crippen molar-refractivity contribution >= 4 is 66.4 Å². The second-order valence-electron chi connectivity index (χ2n) is 22.2. The van der Waals surface area contributed by atoms with E-state index in [-0.39, 0.29) is 16.2 Å². The molecule has 4 aliphatic rings. The SMILES string of the molecule is CC(C)(C)c1ccc2c(c1)c(N(c1ccc3c(c1)CCC3)c1ccc3c(c1)CCC3(C)C)cc1c3ccccc3c(N(c3ccc4c(c3)CCC4)c3ccc4c(c3)CCC4(C)C)cc21. The lowest BCUT2D eigenvalue weighted by atomic mass is 9.84. The van der Waals surface area contributed by atoms with Gasteiger partial charge in [0, 0.05) is 33.5 Å². The van der Waals surface area contributed by atoms with E-state index in [2.05, 4.69) is 186 Å². The maximum absolute atomic E-state index is 2.62. The Bertz CT molecular complexity index is 3230. The number of rotatable bonds is 6. The first-order valence-electron chi connectivity index (χ1n) is 24.3. The molecule has 0 saturated heterocycles. The molecule has 0 bridgehead atoms. The highest BCUT2D eigenvalue weighted by atomic mass is 15.2. The average Bonchev–Trinajstić information content (AvgIpc) is 4.09. The molecule has 320 valence electrons. The van der Waals surface area contributed by atoms with Gasteiger partial charge in [0.15, 0.2) is 0 Å². The predicted molar refractivity (Wildman–Crippen MR) is 274 cm³/mol. The average molecular weight is 835 g/mol. The van der Waals surface area contributed by atoms with Gasteiger partial charge in [0.1, 0.15) is 0 Å². The topological polar surface area (TPSA) is 6.48 Å². The zero-order valence-electron chi connectivity index (χ0n) is 39.1. The maximum Gasteiger partial charge on any atom is 0.0546 e. The van der Waals surface area contributed by atoms with E-state index in [4.69, 9.17) is 0 Å². The van der Waals surface area contributed by atoms with Crippen molar-refractivity contribution in [1.82, 2.24) is 0 Å². The molecule has 0 fully saturated rings. The number of benzene rings is 8. The summed E-state index contributed by atoms with van der Waals surface area (Å²) in [5.41, 5.74) is 21.2. The molecule has 12 rings (SSSR count). The van der Waals surface area contributed by atoms with Gasteiger partial charge in [-0.1, -0.05) is 109 Å². The fourth-order valence-corrected chi connectivity index (χ4v) is 12.4. The van der Waals surface area contributed by atoms with Gasteiger partial charge in [-0.05, 0) is 219 Å². The highest BCUT2D eigenvalue weighted by Gasteiger charge is 2.33. The predicted octanol–water partition coefficient (Wildman–Crippen LogP) is 16.8. The van der Waals surface area contributed by atoms with Crippen LogP contribution in [0.4, 0.5) is 34.1 Å². The zero-order chi connectivity index (χ0) is 43.7. The summed E-state index contributed by atoms with van der Waals surface area (Å²) < 4.78 is 0. The van der Waals surface area contributed by atoms with E-state index < -0.39 is 0 Å². The lowest BCUT2D eigenvalue weighted by Gasteiger charge is -2.31. The van der Waals surface area contributed by atoms with Gasteiger partial charge in [-0.15, -0.1) is 0 Å². The molecule has 0 spiro atoms.